The Labute approximate surface area is 108 Å². The van der Waals surface area contributed by atoms with Crippen LogP contribution in [0.4, 0.5) is 0 Å². The van der Waals surface area contributed by atoms with Crippen molar-refractivity contribution in [1.82, 2.24) is 5.32 Å². The van der Waals surface area contributed by atoms with Gasteiger partial charge in [-0.25, -0.2) is 0 Å². The molecule has 0 radical (unpaired) electrons. The van der Waals surface area contributed by atoms with E-state index in [9.17, 15) is 0 Å². The summed E-state index contributed by atoms with van der Waals surface area (Å²) in [6.07, 6.45) is 7.05. The molecule has 0 aliphatic heterocycles. The van der Waals surface area contributed by atoms with Crippen LogP contribution in [-0.4, -0.2) is 6.54 Å². The number of benzene rings is 1. The summed E-state index contributed by atoms with van der Waals surface area (Å²) in [4.78, 5) is 0. The normalized spacial score (nSPS) is 17.3. The highest BCUT2D eigenvalue weighted by Crippen LogP contribution is 2.23. The summed E-state index contributed by atoms with van der Waals surface area (Å²) in [5.74, 6) is 1.93. The fourth-order valence-electron chi connectivity index (χ4n) is 2.91. The molecule has 1 aliphatic carbocycles. The lowest BCUT2D eigenvalue weighted by molar-refractivity contribution is 0.337. The molecule has 1 fully saturated rings. The van der Waals surface area contributed by atoms with Crippen LogP contribution >= 0.6 is 0 Å². The molecule has 1 aliphatic rings. The summed E-state index contributed by atoms with van der Waals surface area (Å²) in [7, 11) is 0. The Bertz CT molecular complexity index is 464. The first kappa shape index (κ1) is 11.8. The molecular weight excluding hydrogens is 222 g/mol. The van der Waals surface area contributed by atoms with Crippen molar-refractivity contribution < 1.29 is 4.42 Å². The van der Waals surface area contributed by atoms with Gasteiger partial charge in [0.15, 0.2) is 0 Å². The Hall–Kier alpha value is -1.28. The fraction of sp³-hybridized carbons (Fsp3) is 0.500. The fourth-order valence-corrected chi connectivity index (χ4v) is 2.91. The lowest BCUT2D eigenvalue weighted by Crippen LogP contribution is -2.23. The summed E-state index contributed by atoms with van der Waals surface area (Å²) in [6.45, 7) is 1.99. The third kappa shape index (κ3) is 2.75. The van der Waals surface area contributed by atoms with Gasteiger partial charge in [0.2, 0.25) is 0 Å². The molecule has 0 bridgehead atoms. The lowest BCUT2D eigenvalue weighted by Gasteiger charge is -2.21. The molecule has 2 nitrogen and oxygen atoms in total. The van der Waals surface area contributed by atoms with Gasteiger partial charge >= 0.3 is 0 Å². The molecule has 3 rings (SSSR count). The first-order valence-electron chi connectivity index (χ1n) is 7.10. The lowest BCUT2D eigenvalue weighted by atomic mass is 9.89. The van der Waals surface area contributed by atoms with Gasteiger partial charge in [-0.1, -0.05) is 37.5 Å². The second-order valence-corrected chi connectivity index (χ2v) is 5.39. The molecular formula is C16H21NO. The zero-order valence-corrected chi connectivity index (χ0v) is 10.8. The van der Waals surface area contributed by atoms with Crippen LogP contribution in [-0.2, 0) is 6.54 Å². The third-order valence-corrected chi connectivity index (χ3v) is 3.93. The van der Waals surface area contributed by atoms with E-state index in [0.717, 1.165) is 30.4 Å². The minimum atomic E-state index is 0.852. The van der Waals surface area contributed by atoms with Crippen molar-refractivity contribution in [3.63, 3.8) is 0 Å². The van der Waals surface area contributed by atoms with Crippen molar-refractivity contribution in [1.29, 1.82) is 0 Å². The summed E-state index contributed by atoms with van der Waals surface area (Å²) < 4.78 is 5.79. The zero-order chi connectivity index (χ0) is 12.2. The number of nitrogens with one attached hydrogen (secondary N) is 1. The first-order chi connectivity index (χ1) is 8.92. The molecule has 1 saturated carbocycles. The molecule has 0 atom stereocenters. The van der Waals surface area contributed by atoms with Crippen LogP contribution in [0.3, 0.4) is 0 Å². The molecule has 0 saturated heterocycles. The Morgan fingerprint density at radius 2 is 1.94 bits per heavy atom. The van der Waals surface area contributed by atoms with Crippen molar-refractivity contribution in [3.05, 3.63) is 36.1 Å². The molecule has 18 heavy (non-hydrogen) atoms. The molecule has 1 heterocycles. The number of furan rings is 1. The van der Waals surface area contributed by atoms with E-state index < -0.39 is 0 Å². The maximum Gasteiger partial charge on any atom is 0.134 e. The number of fused-ring (bicyclic) bond motifs is 1. The topological polar surface area (TPSA) is 25.2 Å². The van der Waals surface area contributed by atoms with Gasteiger partial charge in [-0.15, -0.1) is 0 Å². The Morgan fingerprint density at radius 1 is 1.11 bits per heavy atom. The second kappa shape index (κ2) is 5.57. The average molecular weight is 243 g/mol. The largest absolute Gasteiger partial charge is 0.460 e. The van der Waals surface area contributed by atoms with E-state index in [-0.39, 0.29) is 0 Å². The molecule has 0 amide bonds. The number of para-hydroxylation sites is 1. The number of hydrogen-bond acceptors (Lipinski definition) is 2. The second-order valence-electron chi connectivity index (χ2n) is 5.39. The van der Waals surface area contributed by atoms with Crippen molar-refractivity contribution in [3.8, 4) is 0 Å². The predicted molar refractivity (Wildman–Crippen MR) is 74.5 cm³/mol. The van der Waals surface area contributed by atoms with E-state index in [2.05, 4.69) is 23.5 Å². The van der Waals surface area contributed by atoms with Gasteiger partial charge in [0, 0.05) is 5.39 Å². The van der Waals surface area contributed by atoms with Gasteiger partial charge < -0.3 is 9.73 Å². The third-order valence-electron chi connectivity index (χ3n) is 3.93. The summed E-state index contributed by atoms with van der Waals surface area (Å²) >= 11 is 0. The van der Waals surface area contributed by atoms with E-state index in [0.29, 0.717) is 0 Å². The van der Waals surface area contributed by atoms with E-state index in [1.165, 1.54) is 37.5 Å². The molecule has 0 unspecified atom stereocenters. The SMILES string of the molecule is c1ccc2oc(CNCC3CCCCC3)cc2c1. The van der Waals surface area contributed by atoms with Crippen LogP contribution < -0.4 is 5.32 Å². The minimum Gasteiger partial charge on any atom is -0.460 e. The standard InChI is InChI=1S/C16H21NO/c1-2-6-13(7-3-1)11-17-12-15-10-14-8-4-5-9-16(14)18-15/h4-5,8-10,13,17H,1-3,6-7,11-12H2. The Morgan fingerprint density at radius 3 is 2.78 bits per heavy atom. The summed E-state index contributed by atoms with van der Waals surface area (Å²) in [5, 5.41) is 4.74. The monoisotopic (exact) mass is 243 g/mol. The minimum absolute atomic E-state index is 0.852. The van der Waals surface area contributed by atoms with Crippen molar-refractivity contribution in [2.45, 2.75) is 38.6 Å². The highest BCUT2D eigenvalue weighted by molar-refractivity contribution is 5.77. The predicted octanol–water partition coefficient (Wildman–Crippen LogP) is 4.10. The van der Waals surface area contributed by atoms with Crippen molar-refractivity contribution >= 4 is 11.0 Å². The van der Waals surface area contributed by atoms with E-state index in [4.69, 9.17) is 4.42 Å². The zero-order valence-electron chi connectivity index (χ0n) is 10.8. The van der Waals surface area contributed by atoms with E-state index >= 15 is 0 Å². The highest BCUT2D eigenvalue weighted by Gasteiger charge is 2.12. The molecule has 0 spiro atoms. The van der Waals surface area contributed by atoms with Crippen LogP contribution in [0.25, 0.3) is 11.0 Å². The van der Waals surface area contributed by atoms with E-state index in [1.54, 1.807) is 0 Å². The average Bonchev–Trinajstić information content (AvgIpc) is 2.82. The molecule has 96 valence electrons. The van der Waals surface area contributed by atoms with Crippen LogP contribution in [0.5, 0.6) is 0 Å². The molecule has 2 aromatic rings. The number of rotatable bonds is 4. The molecule has 1 aromatic carbocycles. The first-order valence-corrected chi connectivity index (χ1v) is 7.10. The maximum absolute atomic E-state index is 5.79. The van der Waals surface area contributed by atoms with Crippen LogP contribution in [0.15, 0.2) is 34.7 Å². The Balaban J connectivity index is 1.53. The molecule has 1 N–H and O–H groups in total. The summed E-state index contributed by atoms with van der Waals surface area (Å²) in [6, 6.07) is 10.3. The van der Waals surface area contributed by atoms with Gasteiger partial charge in [0.1, 0.15) is 11.3 Å². The van der Waals surface area contributed by atoms with Gasteiger partial charge in [-0.2, -0.15) is 0 Å². The van der Waals surface area contributed by atoms with Gasteiger partial charge in [0.05, 0.1) is 6.54 Å². The summed E-state index contributed by atoms with van der Waals surface area (Å²) in [5.41, 5.74) is 0.993. The molecule has 2 heteroatoms. The van der Waals surface area contributed by atoms with Crippen LogP contribution in [0.1, 0.15) is 37.9 Å². The molecule has 1 aromatic heterocycles. The highest BCUT2D eigenvalue weighted by atomic mass is 16.3. The van der Waals surface area contributed by atoms with Gasteiger partial charge in [-0.3, -0.25) is 0 Å². The van der Waals surface area contributed by atoms with Crippen LogP contribution in [0, 0.1) is 5.92 Å². The van der Waals surface area contributed by atoms with E-state index in [1.807, 2.05) is 12.1 Å². The van der Waals surface area contributed by atoms with Gasteiger partial charge in [0.25, 0.3) is 0 Å². The Kier molecular flexibility index (Phi) is 3.65. The van der Waals surface area contributed by atoms with Crippen molar-refractivity contribution in [2.24, 2.45) is 5.92 Å². The maximum atomic E-state index is 5.79. The van der Waals surface area contributed by atoms with Gasteiger partial charge in [-0.05, 0) is 37.4 Å². The smallest absolute Gasteiger partial charge is 0.134 e. The van der Waals surface area contributed by atoms with Crippen LogP contribution in [0.2, 0.25) is 0 Å². The number of hydrogen-bond donors (Lipinski definition) is 1. The quantitative estimate of drug-likeness (QED) is 0.874. The van der Waals surface area contributed by atoms with Crippen molar-refractivity contribution in [2.75, 3.05) is 6.54 Å².